The van der Waals surface area contributed by atoms with Gasteiger partial charge in [0.25, 0.3) is 0 Å². The smallest absolute Gasteiger partial charge is 0.224 e. The summed E-state index contributed by atoms with van der Waals surface area (Å²) in [5.41, 5.74) is 3.14. The highest BCUT2D eigenvalue weighted by Crippen LogP contribution is 2.48. The summed E-state index contributed by atoms with van der Waals surface area (Å²) < 4.78 is 13.3. The summed E-state index contributed by atoms with van der Waals surface area (Å²) >= 11 is 0. The van der Waals surface area contributed by atoms with Gasteiger partial charge in [0, 0.05) is 10.8 Å². The van der Waals surface area contributed by atoms with E-state index >= 15 is 0 Å². The molecule has 0 spiro atoms. The molecule has 0 radical (unpaired) electrons. The first-order valence-corrected chi connectivity index (χ1v) is 11.8. The predicted molar refractivity (Wildman–Crippen MR) is 132 cm³/mol. The summed E-state index contributed by atoms with van der Waals surface area (Å²) in [7, 11) is -1.22. The standard InChI is InChI=1S/C28H21O2P/c1-19(20-9-3-2-4-10-20)31-29-25-17-15-21-11-5-7-13-23(21)27(25)28-24-14-8-6-12-22(24)16-18-26(28)30-31/h2-19H,1H3/t19-/m1/s1. The number of fused-ring (bicyclic) bond motifs is 7. The van der Waals surface area contributed by atoms with Gasteiger partial charge in [0.15, 0.2) is 0 Å². The zero-order valence-corrected chi connectivity index (χ0v) is 18.1. The van der Waals surface area contributed by atoms with Gasteiger partial charge in [0.2, 0.25) is 8.01 Å². The minimum Gasteiger partial charge on any atom is -0.419 e. The third kappa shape index (κ3) is 3.03. The molecule has 0 bridgehead atoms. The first-order valence-electron chi connectivity index (χ1n) is 10.5. The van der Waals surface area contributed by atoms with Crippen molar-refractivity contribution in [3.8, 4) is 0 Å². The van der Waals surface area contributed by atoms with Crippen molar-refractivity contribution in [2.45, 2.75) is 12.6 Å². The van der Waals surface area contributed by atoms with Crippen LogP contribution < -0.4 is 0 Å². The third-order valence-electron chi connectivity index (χ3n) is 6.01. The van der Waals surface area contributed by atoms with E-state index in [1.165, 1.54) is 27.1 Å². The van der Waals surface area contributed by atoms with Crippen LogP contribution in [-0.2, 0) is 0 Å². The molecule has 0 aliphatic rings. The average Bonchev–Trinajstić information content (AvgIpc) is 3.01. The second-order valence-electron chi connectivity index (χ2n) is 7.87. The number of hydrogen-bond donors (Lipinski definition) is 0. The maximum Gasteiger partial charge on any atom is 0.224 e. The average molecular weight is 420 g/mol. The van der Waals surface area contributed by atoms with Gasteiger partial charge < -0.3 is 8.39 Å². The van der Waals surface area contributed by atoms with Crippen LogP contribution in [0.5, 0.6) is 0 Å². The van der Waals surface area contributed by atoms with Crippen LogP contribution in [0.4, 0.5) is 0 Å². The summed E-state index contributed by atoms with van der Waals surface area (Å²) in [5.74, 6) is 0. The van der Waals surface area contributed by atoms with Crippen molar-refractivity contribution in [2.24, 2.45) is 0 Å². The van der Waals surface area contributed by atoms with Gasteiger partial charge >= 0.3 is 0 Å². The Balaban J connectivity index is 1.83. The van der Waals surface area contributed by atoms with Crippen LogP contribution in [0.25, 0.3) is 43.5 Å². The van der Waals surface area contributed by atoms with Crippen molar-refractivity contribution in [2.75, 3.05) is 0 Å². The van der Waals surface area contributed by atoms with Crippen molar-refractivity contribution < 1.29 is 8.39 Å². The van der Waals surface area contributed by atoms with Crippen LogP contribution in [0.1, 0.15) is 18.1 Å². The van der Waals surface area contributed by atoms with Crippen molar-refractivity contribution in [1.29, 1.82) is 0 Å². The SMILES string of the molecule is C[C@H](c1ccccc1)p1oc2ccc3ccccc3c2c2c(ccc3ccccc32)o1. The Bertz CT molecular complexity index is 1500. The van der Waals surface area contributed by atoms with Gasteiger partial charge in [-0.2, -0.15) is 0 Å². The maximum absolute atomic E-state index is 6.66. The van der Waals surface area contributed by atoms with Gasteiger partial charge in [-0.3, -0.25) is 0 Å². The topological polar surface area (TPSA) is 26.3 Å². The fourth-order valence-corrected chi connectivity index (χ4v) is 5.86. The highest BCUT2D eigenvalue weighted by atomic mass is 31.1. The summed E-state index contributed by atoms with van der Waals surface area (Å²) in [6.45, 7) is 2.19. The van der Waals surface area contributed by atoms with Crippen LogP contribution in [-0.4, -0.2) is 0 Å². The molecule has 0 fully saturated rings. The van der Waals surface area contributed by atoms with E-state index < -0.39 is 8.01 Å². The lowest BCUT2D eigenvalue weighted by Crippen LogP contribution is -1.84. The van der Waals surface area contributed by atoms with E-state index in [1.807, 2.05) is 6.07 Å². The number of hydrogen-bond acceptors (Lipinski definition) is 2. The lowest BCUT2D eigenvalue weighted by Gasteiger charge is -2.08. The van der Waals surface area contributed by atoms with E-state index in [9.17, 15) is 0 Å². The number of benzene rings is 5. The van der Waals surface area contributed by atoms with Gasteiger partial charge in [-0.05, 0) is 46.2 Å². The predicted octanol–water partition coefficient (Wildman–Crippen LogP) is 9.21. The highest BCUT2D eigenvalue weighted by Gasteiger charge is 2.17. The first-order chi connectivity index (χ1) is 15.3. The second kappa shape index (κ2) is 7.34. The molecule has 0 aliphatic carbocycles. The molecule has 0 aliphatic heterocycles. The number of rotatable bonds is 2. The molecular weight excluding hydrogens is 399 g/mol. The van der Waals surface area contributed by atoms with Crippen LogP contribution in [0, 0.1) is 0 Å². The van der Waals surface area contributed by atoms with E-state index in [2.05, 4.69) is 104 Å². The molecule has 0 unspecified atom stereocenters. The largest absolute Gasteiger partial charge is 0.419 e. The maximum atomic E-state index is 6.66. The highest BCUT2D eigenvalue weighted by molar-refractivity contribution is 7.37. The van der Waals surface area contributed by atoms with Gasteiger partial charge in [-0.15, -0.1) is 0 Å². The van der Waals surface area contributed by atoms with Crippen LogP contribution in [0.2, 0.25) is 0 Å². The Hall–Kier alpha value is -3.48. The summed E-state index contributed by atoms with van der Waals surface area (Å²) in [4.78, 5) is 0. The molecule has 31 heavy (non-hydrogen) atoms. The molecule has 6 aromatic rings. The van der Waals surface area contributed by atoms with E-state index in [0.717, 1.165) is 21.9 Å². The Labute approximate surface area is 181 Å². The third-order valence-corrected chi connectivity index (χ3v) is 7.69. The Kier molecular flexibility index (Phi) is 4.33. The van der Waals surface area contributed by atoms with Crippen molar-refractivity contribution in [3.05, 3.63) is 109 Å². The molecule has 150 valence electrons. The van der Waals surface area contributed by atoms with E-state index in [1.54, 1.807) is 0 Å². The molecule has 0 saturated heterocycles. The molecule has 2 nitrogen and oxygen atoms in total. The molecule has 1 heterocycles. The Morgan fingerprint density at radius 1 is 0.548 bits per heavy atom. The molecular formula is C28H21O2P. The zero-order valence-electron chi connectivity index (χ0n) is 17.2. The summed E-state index contributed by atoms with van der Waals surface area (Å²) in [6, 6.07) is 36.0. The van der Waals surface area contributed by atoms with Crippen LogP contribution in [0.15, 0.2) is 112 Å². The van der Waals surface area contributed by atoms with E-state index in [-0.39, 0.29) is 5.66 Å². The molecule has 1 aromatic heterocycles. The van der Waals surface area contributed by atoms with Crippen molar-refractivity contribution in [1.82, 2.24) is 0 Å². The second-order valence-corrected chi connectivity index (χ2v) is 9.58. The lowest BCUT2D eigenvalue weighted by atomic mass is 9.99. The van der Waals surface area contributed by atoms with Crippen LogP contribution in [0.3, 0.4) is 0 Å². The first kappa shape index (κ1) is 18.3. The summed E-state index contributed by atoms with van der Waals surface area (Å²) in [6.07, 6.45) is 0. The molecule has 6 rings (SSSR count). The van der Waals surface area contributed by atoms with Crippen LogP contribution >= 0.6 is 8.01 Å². The molecule has 0 amide bonds. The van der Waals surface area contributed by atoms with Gasteiger partial charge in [0.05, 0.1) is 5.66 Å². The van der Waals surface area contributed by atoms with E-state index in [4.69, 9.17) is 8.39 Å². The Morgan fingerprint density at radius 2 is 1.03 bits per heavy atom. The molecule has 0 saturated carbocycles. The zero-order chi connectivity index (χ0) is 20.8. The van der Waals surface area contributed by atoms with Gasteiger partial charge in [-0.25, -0.2) is 0 Å². The summed E-state index contributed by atoms with van der Waals surface area (Å²) in [5, 5.41) is 7.01. The molecule has 5 aromatic carbocycles. The van der Waals surface area contributed by atoms with Gasteiger partial charge in [0.1, 0.15) is 11.2 Å². The molecule has 1 atom stereocenters. The molecule has 3 heteroatoms. The fourth-order valence-electron chi connectivity index (χ4n) is 4.39. The van der Waals surface area contributed by atoms with Crippen molar-refractivity contribution in [3.63, 3.8) is 0 Å². The lowest BCUT2D eigenvalue weighted by molar-refractivity contribution is 0.627. The van der Waals surface area contributed by atoms with Crippen molar-refractivity contribution >= 4 is 51.5 Å². The normalized spacial score (nSPS) is 12.5. The monoisotopic (exact) mass is 420 g/mol. The minimum absolute atomic E-state index is 0.132. The Morgan fingerprint density at radius 3 is 1.58 bits per heavy atom. The van der Waals surface area contributed by atoms with E-state index in [0.29, 0.717) is 0 Å². The quantitative estimate of drug-likeness (QED) is 0.279. The van der Waals surface area contributed by atoms with Gasteiger partial charge in [-0.1, -0.05) is 91.0 Å². The fraction of sp³-hybridized carbons (Fsp3) is 0.0714. The molecule has 0 N–H and O–H groups in total. The minimum atomic E-state index is -1.22.